The van der Waals surface area contributed by atoms with Crippen molar-refractivity contribution in [1.29, 1.82) is 0 Å². The first-order valence-electron chi connectivity index (χ1n) is 8.26. The van der Waals surface area contributed by atoms with E-state index in [2.05, 4.69) is 5.32 Å². The van der Waals surface area contributed by atoms with Crippen LogP contribution in [0.5, 0.6) is 11.5 Å². The molecular weight excluding hydrogens is 388 g/mol. The van der Waals surface area contributed by atoms with E-state index < -0.39 is 20.7 Å². The summed E-state index contributed by atoms with van der Waals surface area (Å²) in [5.41, 5.74) is -0.0436. The number of nitro benzene ring substituents is 1. The van der Waals surface area contributed by atoms with Crippen LogP contribution >= 0.6 is 0 Å². The summed E-state index contributed by atoms with van der Waals surface area (Å²) in [6.45, 7) is 0. The minimum Gasteiger partial charge on any atom is -0.497 e. The van der Waals surface area contributed by atoms with Gasteiger partial charge in [-0.3, -0.25) is 14.9 Å². The second-order valence-corrected chi connectivity index (χ2v) is 7.90. The molecule has 28 heavy (non-hydrogen) atoms. The number of ether oxygens (including phenoxy) is 2. The molecule has 0 radical (unpaired) electrons. The van der Waals surface area contributed by atoms with Crippen LogP contribution in [0.3, 0.4) is 0 Å². The summed E-state index contributed by atoms with van der Waals surface area (Å²) in [7, 11) is -0.676. The molecule has 0 fully saturated rings. The Kier molecular flexibility index (Phi) is 6.94. The van der Waals surface area contributed by atoms with Gasteiger partial charge in [0.05, 0.1) is 35.5 Å². The van der Waals surface area contributed by atoms with E-state index in [1.807, 2.05) is 0 Å². The van der Waals surface area contributed by atoms with Crippen molar-refractivity contribution in [3.8, 4) is 11.5 Å². The molecule has 0 aliphatic carbocycles. The molecule has 2 aromatic carbocycles. The minimum atomic E-state index is -3.53. The van der Waals surface area contributed by atoms with Crippen molar-refractivity contribution >= 4 is 27.1 Å². The lowest BCUT2D eigenvalue weighted by Crippen LogP contribution is -2.15. The number of hydrogen-bond acceptors (Lipinski definition) is 7. The molecule has 10 heteroatoms. The Bertz CT molecular complexity index is 956. The van der Waals surface area contributed by atoms with Gasteiger partial charge in [0, 0.05) is 18.6 Å². The predicted molar refractivity (Wildman–Crippen MR) is 103 cm³/mol. The van der Waals surface area contributed by atoms with E-state index >= 15 is 0 Å². The number of sulfone groups is 1. The van der Waals surface area contributed by atoms with Crippen LogP contribution in [0.2, 0.25) is 0 Å². The van der Waals surface area contributed by atoms with Gasteiger partial charge in [-0.2, -0.15) is 0 Å². The molecule has 0 aliphatic rings. The Labute approximate surface area is 162 Å². The number of benzene rings is 2. The summed E-state index contributed by atoms with van der Waals surface area (Å²) in [6, 6.07) is 9.81. The first-order chi connectivity index (χ1) is 13.3. The number of non-ortho nitro benzene ring substituents is 1. The van der Waals surface area contributed by atoms with Gasteiger partial charge in [-0.05, 0) is 36.8 Å². The van der Waals surface area contributed by atoms with Crippen LogP contribution in [-0.4, -0.2) is 39.2 Å². The number of amides is 1. The predicted octanol–water partition coefficient (Wildman–Crippen LogP) is 2.80. The van der Waals surface area contributed by atoms with Crippen molar-refractivity contribution in [3.05, 3.63) is 52.6 Å². The van der Waals surface area contributed by atoms with Crippen molar-refractivity contribution in [2.75, 3.05) is 25.3 Å². The SMILES string of the molecule is COc1ccc(S(=O)(=O)CCCC(=O)Nc2cc([N+](=O)[O-])ccc2OC)cc1. The lowest BCUT2D eigenvalue weighted by molar-refractivity contribution is -0.384. The lowest BCUT2D eigenvalue weighted by Gasteiger charge is -2.10. The standard InChI is InChI=1S/C18H20N2O7S/c1-26-14-6-8-15(9-7-14)28(24,25)11-3-4-18(21)19-16-12-13(20(22)23)5-10-17(16)27-2/h5-10,12H,3-4,11H2,1-2H3,(H,19,21). The zero-order valence-corrected chi connectivity index (χ0v) is 16.2. The Hall–Kier alpha value is -3.14. The maximum atomic E-state index is 12.3. The first kappa shape index (κ1) is 21.2. The van der Waals surface area contributed by atoms with Crippen LogP contribution in [0.4, 0.5) is 11.4 Å². The Morgan fingerprint density at radius 3 is 2.36 bits per heavy atom. The highest BCUT2D eigenvalue weighted by Crippen LogP contribution is 2.29. The van der Waals surface area contributed by atoms with E-state index in [1.54, 1.807) is 12.1 Å². The van der Waals surface area contributed by atoms with Crippen LogP contribution in [0.15, 0.2) is 47.4 Å². The molecule has 0 aliphatic heterocycles. The van der Waals surface area contributed by atoms with Crippen molar-refractivity contribution in [1.82, 2.24) is 0 Å². The number of nitrogens with zero attached hydrogens (tertiary/aromatic N) is 1. The van der Waals surface area contributed by atoms with Crippen LogP contribution < -0.4 is 14.8 Å². The van der Waals surface area contributed by atoms with E-state index in [0.29, 0.717) is 5.75 Å². The van der Waals surface area contributed by atoms with Gasteiger partial charge >= 0.3 is 0 Å². The highest BCUT2D eigenvalue weighted by Gasteiger charge is 2.17. The second-order valence-electron chi connectivity index (χ2n) is 5.79. The van der Waals surface area contributed by atoms with Crippen LogP contribution in [-0.2, 0) is 14.6 Å². The van der Waals surface area contributed by atoms with Gasteiger partial charge in [-0.25, -0.2) is 8.42 Å². The average Bonchev–Trinajstić information content (AvgIpc) is 2.67. The van der Waals surface area contributed by atoms with Crippen LogP contribution in [0.1, 0.15) is 12.8 Å². The molecule has 150 valence electrons. The number of carbonyl (C=O) groups excluding carboxylic acids is 1. The third kappa shape index (κ3) is 5.43. The molecule has 0 atom stereocenters. The summed E-state index contributed by atoms with van der Waals surface area (Å²) < 4.78 is 34.7. The summed E-state index contributed by atoms with van der Waals surface area (Å²) in [4.78, 5) is 22.6. The lowest BCUT2D eigenvalue weighted by atomic mass is 10.2. The molecule has 2 aromatic rings. The van der Waals surface area contributed by atoms with Gasteiger partial charge in [0.1, 0.15) is 11.5 Å². The van der Waals surface area contributed by atoms with Gasteiger partial charge in [-0.15, -0.1) is 0 Å². The number of methoxy groups -OCH3 is 2. The molecule has 0 aromatic heterocycles. The normalized spacial score (nSPS) is 10.9. The number of anilines is 1. The molecule has 0 heterocycles. The highest BCUT2D eigenvalue weighted by molar-refractivity contribution is 7.91. The first-order valence-corrected chi connectivity index (χ1v) is 9.91. The fourth-order valence-corrected chi connectivity index (χ4v) is 3.75. The van der Waals surface area contributed by atoms with Gasteiger partial charge in [0.25, 0.3) is 5.69 Å². The van der Waals surface area contributed by atoms with Gasteiger partial charge in [-0.1, -0.05) is 0 Å². The fourth-order valence-electron chi connectivity index (χ4n) is 2.44. The maximum absolute atomic E-state index is 12.3. The minimum absolute atomic E-state index is 0.0682. The number of nitrogens with one attached hydrogen (secondary N) is 1. The van der Waals surface area contributed by atoms with E-state index in [0.717, 1.165) is 0 Å². The third-order valence-electron chi connectivity index (χ3n) is 3.90. The smallest absolute Gasteiger partial charge is 0.271 e. The van der Waals surface area contributed by atoms with Gasteiger partial charge in [0.15, 0.2) is 9.84 Å². The monoisotopic (exact) mass is 408 g/mol. The quantitative estimate of drug-likeness (QED) is 0.499. The molecule has 0 saturated heterocycles. The number of hydrogen-bond donors (Lipinski definition) is 1. The van der Waals surface area contributed by atoms with E-state index in [4.69, 9.17) is 9.47 Å². The van der Waals surface area contributed by atoms with Gasteiger partial charge in [0.2, 0.25) is 5.91 Å². The number of carbonyl (C=O) groups is 1. The molecule has 9 nitrogen and oxygen atoms in total. The zero-order valence-electron chi connectivity index (χ0n) is 15.4. The summed E-state index contributed by atoms with van der Waals surface area (Å²) in [5, 5.41) is 13.4. The molecular formula is C18H20N2O7S. The van der Waals surface area contributed by atoms with Crippen molar-refractivity contribution < 1.29 is 27.6 Å². The number of nitro groups is 1. The molecule has 0 unspecified atom stereocenters. The average molecular weight is 408 g/mol. The van der Waals surface area contributed by atoms with Crippen LogP contribution in [0.25, 0.3) is 0 Å². The second kappa shape index (κ2) is 9.18. The Morgan fingerprint density at radius 1 is 1.11 bits per heavy atom. The Balaban J connectivity index is 1.97. The molecule has 0 saturated carbocycles. The van der Waals surface area contributed by atoms with Crippen molar-refractivity contribution in [2.24, 2.45) is 0 Å². The van der Waals surface area contributed by atoms with E-state index in [-0.39, 0.29) is 40.6 Å². The topological polar surface area (TPSA) is 125 Å². The van der Waals surface area contributed by atoms with Crippen LogP contribution in [0, 0.1) is 10.1 Å². The molecule has 1 N–H and O–H groups in total. The van der Waals surface area contributed by atoms with Crippen molar-refractivity contribution in [3.63, 3.8) is 0 Å². The fraction of sp³-hybridized carbons (Fsp3) is 0.278. The summed E-state index contributed by atoms with van der Waals surface area (Å²) >= 11 is 0. The molecule has 2 rings (SSSR count). The van der Waals surface area contributed by atoms with Gasteiger partial charge < -0.3 is 14.8 Å². The maximum Gasteiger partial charge on any atom is 0.271 e. The largest absolute Gasteiger partial charge is 0.497 e. The third-order valence-corrected chi connectivity index (χ3v) is 5.72. The van der Waals surface area contributed by atoms with E-state index in [9.17, 15) is 23.3 Å². The van der Waals surface area contributed by atoms with E-state index in [1.165, 1.54) is 44.6 Å². The summed E-state index contributed by atoms with van der Waals surface area (Å²) in [6.07, 6.45) is 0.0265. The molecule has 0 bridgehead atoms. The molecule has 0 spiro atoms. The zero-order chi connectivity index (χ0) is 20.7. The molecule has 1 amide bonds. The Morgan fingerprint density at radius 2 is 1.79 bits per heavy atom. The highest BCUT2D eigenvalue weighted by atomic mass is 32.2. The van der Waals surface area contributed by atoms with Crippen molar-refractivity contribution in [2.45, 2.75) is 17.7 Å². The number of rotatable bonds is 9. The summed E-state index contributed by atoms with van der Waals surface area (Å²) in [5.74, 6) is 0.136.